The van der Waals surface area contributed by atoms with Gasteiger partial charge in [0.05, 0.1) is 17.8 Å². The highest BCUT2D eigenvalue weighted by atomic mass is 32.2. The van der Waals surface area contributed by atoms with Gasteiger partial charge in [-0.15, -0.1) is 0 Å². The number of carbonyl (C=O) groups is 1. The summed E-state index contributed by atoms with van der Waals surface area (Å²) in [4.78, 5) is 23.0. The molecule has 3 aliphatic carbocycles. The number of nitrogens with zero attached hydrogens (tertiary/aromatic N) is 2. The largest absolute Gasteiger partial charge is 0.313 e. The molecule has 1 aromatic carbocycles. The van der Waals surface area contributed by atoms with Crippen LogP contribution in [0.4, 0.5) is 0 Å². The Morgan fingerprint density at radius 2 is 2.03 bits per heavy atom. The molecule has 5 rings (SSSR count). The van der Waals surface area contributed by atoms with Crippen LogP contribution >= 0.6 is 11.8 Å². The number of ketones is 1. The molecule has 1 N–H and O–H groups in total. The summed E-state index contributed by atoms with van der Waals surface area (Å²) in [6.07, 6.45) is 14.8. The van der Waals surface area contributed by atoms with Crippen LogP contribution in [-0.2, 0) is 11.3 Å². The summed E-state index contributed by atoms with van der Waals surface area (Å²) in [5.74, 6) is 3.54. The van der Waals surface area contributed by atoms with Gasteiger partial charge in [-0.25, -0.2) is 9.97 Å². The summed E-state index contributed by atoms with van der Waals surface area (Å²) in [5.41, 5.74) is 3.87. The third kappa shape index (κ3) is 5.16. The number of nitrogens with one attached hydrogen (secondary N) is 1. The highest BCUT2D eigenvalue weighted by Crippen LogP contribution is 2.62. The highest BCUT2D eigenvalue weighted by molar-refractivity contribution is 8.00. The van der Waals surface area contributed by atoms with E-state index in [0.717, 1.165) is 40.2 Å². The first-order valence-corrected chi connectivity index (χ1v) is 15.4. The molecule has 5 atom stereocenters. The summed E-state index contributed by atoms with van der Waals surface area (Å²) < 4.78 is 0. The van der Waals surface area contributed by atoms with Gasteiger partial charge in [0.2, 0.25) is 0 Å². The normalized spacial score (nSPS) is 30.6. The number of benzene rings is 1. The van der Waals surface area contributed by atoms with E-state index in [1.165, 1.54) is 25.7 Å². The third-order valence-corrected chi connectivity index (χ3v) is 10.7. The Morgan fingerprint density at radius 1 is 1.21 bits per heavy atom. The van der Waals surface area contributed by atoms with Crippen molar-refractivity contribution in [2.45, 2.75) is 77.3 Å². The maximum Gasteiger partial charge on any atom is 0.144 e. The van der Waals surface area contributed by atoms with E-state index in [1.807, 2.05) is 25.2 Å². The van der Waals surface area contributed by atoms with Gasteiger partial charge in [0, 0.05) is 17.2 Å². The smallest absolute Gasteiger partial charge is 0.144 e. The molecule has 38 heavy (non-hydrogen) atoms. The molecule has 5 heteroatoms. The van der Waals surface area contributed by atoms with Crippen molar-refractivity contribution >= 4 is 28.4 Å². The molecule has 3 aliphatic rings. The summed E-state index contributed by atoms with van der Waals surface area (Å²) in [6.45, 7) is 12.0. The van der Waals surface area contributed by atoms with E-state index in [1.54, 1.807) is 17.3 Å². The van der Waals surface area contributed by atoms with Crippen molar-refractivity contribution in [3.63, 3.8) is 0 Å². The van der Waals surface area contributed by atoms with Gasteiger partial charge in [-0.05, 0) is 74.0 Å². The standard InChI is InChI=1S/C33H43N3OS/c1-6-9-27-25-13-12-23-18-22(2)14-17-33(23,4)28(25)15-16-32(27,3)19-24(37)21-38-31-26-10-7-8-11-29(26)35-30(36-31)20-34-5/h7-8,10-11,14,17-18,25,27-28,34H,2,6,9,12-13,15-16,19-21H2,1,3-5H3. The van der Waals surface area contributed by atoms with E-state index in [2.05, 4.69) is 61.9 Å². The predicted octanol–water partition coefficient (Wildman–Crippen LogP) is 7.70. The number of hydrogen-bond donors (Lipinski definition) is 1. The first-order valence-electron chi connectivity index (χ1n) is 14.4. The number of para-hydroxylation sites is 1. The quantitative estimate of drug-likeness (QED) is 0.266. The number of allylic oxidation sites excluding steroid dienone is 5. The minimum atomic E-state index is 0.0689. The van der Waals surface area contributed by atoms with Gasteiger partial charge >= 0.3 is 0 Å². The Balaban J connectivity index is 1.32. The Hall–Kier alpha value is -2.24. The van der Waals surface area contributed by atoms with Crippen LogP contribution in [0.5, 0.6) is 0 Å². The van der Waals surface area contributed by atoms with Gasteiger partial charge in [-0.1, -0.05) is 87.5 Å². The molecule has 1 heterocycles. The lowest BCUT2D eigenvalue weighted by Gasteiger charge is -2.58. The number of aromatic nitrogens is 2. The molecule has 5 unspecified atom stereocenters. The average Bonchev–Trinajstić information content (AvgIpc) is 2.89. The number of hydrogen-bond acceptors (Lipinski definition) is 5. The van der Waals surface area contributed by atoms with Crippen LogP contribution in [0.3, 0.4) is 0 Å². The van der Waals surface area contributed by atoms with Gasteiger partial charge in [0.25, 0.3) is 0 Å². The summed E-state index contributed by atoms with van der Waals surface area (Å²) in [7, 11) is 1.90. The van der Waals surface area contributed by atoms with Crippen molar-refractivity contribution in [1.82, 2.24) is 15.3 Å². The van der Waals surface area contributed by atoms with E-state index < -0.39 is 0 Å². The third-order valence-electron chi connectivity index (χ3n) is 9.69. The van der Waals surface area contributed by atoms with Crippen molar-refractivity contribution in [3.05, 3.63) is 66.0 Å². The molecule has 1 aromatic heterocycles. The van der Waals surface area contributed by atoms with Crippen molar-refractivity contribution in [1.29, 1.82) is 0 Å². The molecule has 2 saturated carbocycles. The monoisotopic (exact) mass is 529 g/mol. The maximum absolute atomic E-state index is 13.6. The lowest BCUT2D eigenvalue weighted by molar-refractivity contribution is -0.123. The Morgan fingerprint density at radius 3 is 2.82 bits per heavy atom. The molecule has 0 amide bonds. The Labute approximate surface area is 232 Å². The predicted molar refractivity (Wildman–Crippen MR) is 159 cm³/mol. The van der Waals surface area contributed by atoms with E-state index in [4.69, 9.17) is 4.98 Å². The van der Waals surface area contributed by atoms with E-state index in [0.29, 0.717) is 42.3 Å². The molecule has 0 aliphatic heterocycles. The van der Waals surface area contributed by atoms with Gasteiger partial charge in [0.1, 0.15) is 16.6 Å². The van der Waals surface area contributed by atoms with Crippen LogP contribution in [0.15, 0.2) is 65.2 Å². The SMILES string of the molecule is C=C1C=CC2(C)C(=C1)CCC1C(CCC)C(C)(CC(=O)CSc3nc(CNC)nc4ccccc34)CCC12. The zero-order valence-corrected chi connectivity index (χ0v) is 24.4. The molecular formula is C33H43N3OS. The van der Waals surface area contributed by atoms with Crippen LogP contribution in [0.25, 0.3) is 10.9 Å². The van der Waals surface area contributed by atoms with E-state index in [-0.39, 0.29) is 10.8 Å². The molecule has 0 saturated heterocycles. The minimum Gasteiger partial charge on any atom is -0.313 e. The van der Waals surface area contributed by atoms with Crippen LogP contribution in [0.1, 0.15) is 71.5 Å². The summed E-state index contributed by atoms with van der Waals surface area (Å²) >= 11 is 1.58. The van der Waals surface area contributed by atoms with Gasteiger partial charge in [-0.2, -0.15) is 0 Å². The lowest BCUT2D eigenvalue weighted by atomic mass is 9.46. The molecule has 2 fully saturated rings. The zero-order valence-electron chi connectivity index (χ0n) is 23.6. The number of carbonyl (C=O) groups excluding carboxylic acids is 1. The number of rotatable bonds is 9. The number of fused-ring (bicyclic) bond motifs is 4. The zero-order chi connectivity index (χ0) is 26.9. The molecule has 0 radical (unpaired) electrons. The van der Waals surface area contributed by atoms with Gasteiger partial charge < -0.3 is 5.32 Å². The van der Waals surface area contributed by atoms with E-state index in [9.17, 15) is 4.79 Å². The van der Waals surface area contributed by atoms with Crippen molar-refractivity contribution in [3.8, 4) is 0 Å². The Bertz CT molecular complexity index is 1280. The molecule has 4 nitrogen and oxygen atoms in total. The number of thioether (sulfide) groups is 1. The van der Waals surface area contributed by atoms with Crippen LogP contribution in [0, 0.1) is 28.6 Å². The second kappa shape index (κ2) is 11.1. The van der Waals surface area contributed by atoms with Crippen molar-refractivity contribution in [2.75, 3.05) is 12.8 Å². The second-order valence-electron chi connectivity index (χ2n) is 12.3. The fourth-order valence-electron chi connectivity index (χ4n) is 7.85. The summed E-state index contributed by atoms with van der Waals surface area (Å²) in [6, 6.07) is 8.12. The van der Waals surface area contributed by atoms with Crippen LogP contribution in [0.2, 0.25) is 0 Å². The summed E-state index contributed by atoms with van der Waals surface area (Å²) in [5, 5.41) is 5.09. The highest BCUT2D eigenvalue weighted by Gasteiger charge is 2.54. The molecule has 202 valence electrons. The molecule has 2 aromatic rings. The maximum atomic E-state index is 13.6. The van der Waals surface area contributed by atoms with Crippen molar-refractivity contribution in [2.24, 2.45) is 28.6 Å². The van der Waals surface area contributed by atoms with Crippen LogP contribution in [-0.4, -0.2) is 28.6 Å². The topological polar surface area (TPSA) is 54.9 Å². The first kappa shape index (κ1) is 27.3. The van der Waals surface area contributed by atoms with E-state index >= 15 is 0 Å². The van der Waals surface area contributed by atoms with Crippen molar-refractivity contribution < 1.29 is 4.79 Å². The average molecular weight is 530 g/mol. The second-order valence-corrected chi connectivity index (χ2v) is 13.2. The fourth-order valence-corrected chi connectivity index (χ4v) is 8.75. The minimum absolute atomic E-state index is 0.0689. The first-order chi connectivity index (χ1) is 18.3. The van der Waals surface area contributed by atoms with Crippen LogP contribution < -0.4 is 5.32 Å². The molecular weight excluding hydrogens is 486 g/mol. The van der Waals surface area contributed by atoms with Gasteiger partial charge in [0.15, 0.2) is 0 Å². The molecule has 0 bridgehead atoms. The fraction of sp³-hybridized carbons (Fsp3) is 0.545. The van der Waals surface area contributed by atoms with Gasteiger partial charge in [-0.3, -0.25) is 4.79 Å². The molecule has 0 spiro atoms. The Kier molecular flexibility index (Phi) is 7.98. The lowest BCUT2D eigenvalue weighted by Crippen LogP contribution is -2.50. The number of Topliss-reactive ketones (excluding diaryl/α,β-unsaturated/α-hetero) is 1.